The number of benzene rings is 1. The normalized spacial score (nSPS) is 21.5. The minimum Gasteiger partial charge on any atom is -0.449 e. The molecule has 42 heavy (non-hydrogen) atoms. The second kappa shape index (κ2) is 18.6. The van der Waals surface area contributed by atoms with E-state index in [-0.39, 0.29) is 31.3 Å². The van der Waals surface area contributed by atoms with E-state index in [0.29, 0.717) is 26.2 Å². The maximum Gasteiger partial charge on any atom is 0.409 e. The van der Waals surface area contributed by atoms with Crippen molar-refractivity contribution in [1.82, 2.24) is 10.2 Å². The Kier molecular flexibility index (Phi) is 14.9. The van der Waals surface area contributed by atoms with Crippen molar-refractivity contribution in [3.8, 4) is 0 Å². The number of aliphatic hydroxyl groups is 1. The van der Waals surface area contributed by atoms with E-state index in [9.17, 15) is 14.7 Å². The van der Waals surface area contributed by atoms with Gasteiger partial charge in [0.05, 0.1) is 44.4 Å². The Morgan fingerprint density at radius 2 is 1.86 bits per heavy atom. The van der Waals surface area contributed by atoms with Crippen LogP contribution in [0.1, 0.15) is 63.9 Å². The third-order valence-corrected chi connectivity index (χ3v) is 7.85. The molecular weight excluding hydrogens is 536 g/mol. The van der Waals surface area contributed by atoms with Crippen LogP contribution < -0.4 is 5.32 Å². The van der Waals surface area contributed by atoms with Gasteiger partial charge in [0.2, 0.25) is 0 Å². The van der Waals surface area contributed by atoms with Gasteiger partial charge in [-0.05, 0) is 50.0 Å². The van der Waals surface area contributed by atoms with E-state index in [2.05, 4.69) is 18.5 Å². The van der Waals surface area contributed by atoms with Gasteiger partial charge in [0.25, 0.3) is 0 Å². The number of hydrogen-bond acceptors (Lipinski definition) is 7. The van der Waals surface area contributed by atoms with Gasteiger partial charge in [0.15, 0.2) is 6.29 Å². The molecule has 3 rings (SSSR count). The first-order chi connectivity index (χ1) is 20.4. The fraction of sp³-hybridized carbons (Fsp3) is 0.636. The van der Waals surface area contributed by atoms with Crippen LogP contribution in [0.3, 0.4) is 0 Å². The van der Waals surface area contributed by atoms with Gasteiger partial charge < -0.3 is 34.3 Å². The minimum absolute atomic E-state index is 0.00469. The average Bonchev–Trinajstić information content (AvgIpc) is 3.59. The number of hydrogen-bond donors (Lipinski definition) is 2. The van der Waals surface area contributed by atoms with Crippen LogP contribution in [0.25, 0.3) is 0 Å². The zero-order valence-electron chi connectivity index (χ0n) is 25.2. The molecule has 234 valence electrons. The molecule has 2 aliphatic heterocycles. The standard InChI is InChI=1S/C33H50N2O7/c1-4-6-7-8-9-10-14-19-40-33(38)35(22-25(3)15-5-2)23-29(36)28(21-26-16-12-11-13-17-26)34-32(37)42-30-24-41-31-27(30)18-20-39-31/h4-5,11-13,16-17,25,27-31,36H,1-2,6-10,14-15,18-24H2,3H3,(H,34,37)/t25?,27-,28?,29?,30-,31+/m0/s1. The molecule has 0 saturated carbocycles. The molecule has 2 N–H and O–H groups in total. The predicted octanol–water partition coefficient (Wildman–Crippen LogP) is 5.62. The molecule has 1 aromatic rings. The number of carbonyl (C=O) groups excluding carboxylic acids is 2. The van der Waals surface area contributed by atoms with Gasteiger partial charge in [-0.2, -0.15) is 0 Å². The highest BCUT2D eigenvalue weighted by Gasteiger charge is 2.44. The Morgan fingerprint density at radius 1 is 1.10 bits per heavy atom. The van der Waals surface area contributed by atoms with Gasteiger partial charge in [-0.25, -0.2) is 9.59 Å². The number of nitrogens with one attached hydrogen (secondary N) is 1. The molecule has 6 atom stereocenters. The lowest BCUT2D eigenvalue weighted by molar-refractivity contribution is -0.0907. The van der Waals surface area contributed by atoms with Crippen LogP contribution in [0, 0.1) is 11.8 Å². The highest BCUT2D eigenvalue weighted by atomic mass is 16.7. The summed E-state index contributed by atoms with van der Waals surface area (Å²) < 4.78 is 22.5. The van der Waals surface area contributed by atoms with Crippen LogP contribution in [0.15, 0.2) is 55.6 Å². The third-order valence-electron chi connectivity index (χ3n) is 7.85. The van der Waals surface area contributed by atoms with Crippen molar-refractivity contribution < 1.29 is 33.6 Å². The van der Waals surface area contributed by atoms with Crippen LogP contribution in [-0.2, 0) is 25.4 Å². The summed E-state index contributed by atoms with van der Waals surface area (Å²) in [6, 6.07) is 8.91. The van der Waals surface area contributed by atoms with Crippen molar-refractivity contribution in [1.29, 1.82) is 0 Å². The smallest absolute Gasteiger partial charge is 0.409 e. The molecule has 2 fully saturated rings. The van der Waals surface area contributed by atoms with Crippen LogP contribution >= 0.6 is 0 Å². The van der Waals surface area contributed by atoms with Crippen LogP contribution in [0.4, 0.5) is 9.59 Å². The quantitative estimate of drug-likeness (QED) is 0.160. The zero-order valence-corrected chi connectivity index (χ0v) is 25.2. The molecule has 0 aromatic heterocycles. The highest BCUT2D eigenvalue weighted by Crippen LogP contribution is 2.33. The van der Waals surface area contributed by atoms with E-state index in [4.69, 9.17) is 18.9 Å². The number of fused-ring (bicyclic) bond motifs is 1. The van der Waals surface area contributed by atoms with E-state index >= 15 is 0 Å². The van der Waals surface area contributed by atoms with Gasteiger partial charge in [0, 0.05) is 6.54 Å². The first-order valence-electron chi connectivity index (χ1n) is 15.5. The molecule has 9 nitrogen and oxygen atoms in total. The fourth-order valence-electron chi connectivity index (χ4n) is 5.51. The van der Waals surface area contributed by atoms with Crippen LogP contribution in [0.2, 0.25) is 0 Å². The largest absolute Gasteiger partial charge is 0.449 e. The average molecular weight is 587 g/mol. The lowest BCUT2D eigenvalue weighted by Gasteiger charge is -2.31. The van der Waals surface area contributed by atoms with E-state index in [1.807, 2.05) is 49.4 Å². The number of unbranched alkanes of at least 4 members (excludes halogenated alkanes) is 5. The Morgan fingerprint density at radius 3 is 2.62 bits per heavy atom. The zero-order chi connectivity index (χ0) is 30.2. The van der Waals surface area contributed by atoms with Crippen molar-refractivity contribution >= 4 is 12.2 Å². The molecule has 2 aliphatic rings. The molecule has 0 aliphatic carbocycles. The molecule has 0 bridgehead atoms. The second-order valence-corrected chi connectivity index (χ2v) is 11.5. The first kappa shape index (κ1) is 33.6. The summed E-state index contributed by atoms with van der Waals surface area (Å²) in [6.07, 6.45) is 8.89. The Balaban J connectivity index is 1.60. The molecule has 3 unspecified atom stereocenters. The van der Waals surface area contributed by atoms with Gasteiger partial charge in [-0.15, -0.1) is 13.2 Å². The number of nitrogens with zero attached hydrogens (tertiary/aromatic N) is 1. The minimum atomic E-state index is -1.06. The molecular formula is C33H50N2O7. The lowest BCUT2D eigenvalue weighted by Crippen LogP contribution is -2.52. The maximum atomic E-state index is 13.1. The molecule has 0 spiro atoms. The second-order valence-electron chi connectivity index (χ2n) is 11.5. The summed E-state index contributed by atoms with van der Waals surface area (Å²) in [6.45, 7) is 11.2. The van der Waals surface area contributed by atoms with Gasteiger partial charge in [-0.3, -0.25) is 0 Å². The van der Waals surface area contributed by atoms with E-state index in [1.165, 1.54) is 0 Å². The third kappa shape index (κ3) is 11.4. The summed E-state index contributed by atoms with van der Waals surface area (Å²) >= 11 is 0. The van der Waals surface area contributed by atoms with Gasteiger partial charge in [-0.1, -0.05) is 68.7 Å². The van der Waals surface area contributed by atoms with Crippen molar-refractivity contribution in [3.05, 3.63) is 61.2 Å². The molecule has 2 heterocycles. The van der Waals surface area contributed by atoms with Crippen molar-refractivity contribution in [2.75, 3.05) is 32.9 Å². The number of aliphatic hydroxyl groups excluding tert-OH is 1. The number of ether oxygens (including phenoxy) is 4. The number of allylic oxidation sites excluding steroid dienone is 2. The number of alkyl carbamates (subject to hydrolysis) is 1. The lowest BCUT2D eigenvalue weighted by atomic mass is 10.00. The number of amides is 2. The SMILES string of the molecule is C=CCCCCCCCOC(=O)N(CC(C)CC=C)CC(O)C(Cc1ccccc1)NC(=O)O[C@H]1CO[C@H]2OCC[C@H]21. The monoisotopic (exact) mass is 586 g/mol. The molecule has 9 heteroatoms. The number of carbonyl (C=O) groups is 2. The topological polar surface area (TPSA) is 107 Å². The maximum absolute atomic E-state index is 13.1. The van der Waals surface area contributed by atoms with E-state index < -0.39 is 30.4 Å². The molecule has 0 radical (unpaired) electrons. The predicted molar refractivity (Wildman–Crippen MR) is 162 cm³/mol. The number of rotatable bonds is 19. The summed E-state index contributed by atoms with van der Waals surface area (Å²) in [4.78, 5) is 27.7. The van der Waals surface area contributed by atoms with Crippen LogP contribution in [-0.4, -0.2) is 79.6 Å². The van der Waals surface area contributed by atoms with Crippen molar-refractivity contribution in [2.24, 2.45) is 11.8 Å². The van der Waals surface area contributed by atoms with Gasteiger partial charge in [0.1, 0.15) is 6.10 Å². The van der Waals surface area contributed by atoms with Crippen molar-refractivity contribution in [3.63, 3.8) is 0 Å². The summed E-state index contributed by atoms with van der Waals surface area (Å²) in [5.74, 6) is 0.138. The first-order valence-corrected chi connectivity index (χ1v) is 15.5. The van der Waals surface area contributed by atoms with Crippen molar-refractivity contribution in [2.45, 2.75) is 89.3 Å². The highest BCUT2D eigenvalue weighted by molar-refractivity contribution is 5.69. The van der Waals surface area contributed by atoms with Crippen LogP contribution in [0.5, 0.6) is 0 Å². The fourth-order valence-corrected chi connectivity index (χ4v) is 5.51. The molecule has 2 amide bonds. The summed E-state index contributed by atoms with van der Waals surface area (Å²) in [7, 11) is 0. The summed E-state index contributed by atoms with van der Waals surface area (Å²) in [5.41, 5.74) is 0.942. The van der Waals surface area contributed by atoms with E-state index in [1.54, 1.807) is 4.90 Å². The Hall–Kier alpha value is -2.88. The molecule has 2 saturated heterocycles. The molecule has 1 aromatic carbocycles. The summed E-state index contributed by atoms with van der Waals surface area (Å²) in [5, 5.41) is 14.3. The van der Waals surface area contributed by atoms with E-state index in [0.717, 1.165) is 56.9 Å². The van der Waals surface area contributed by atoms with Gasteiger partial charge >= 0.3 is 12.2 Å². The Labute approximate surface area is 251 Å². The Bertz CT molecular complexity index is 959.